The minimum atomic E-state index is 0.544. The fourth-order valence-corrected chi connectivity index (χ4v) is 16.6. The first-order valence-electron chi connectivity index (χ1n) is 34.4. The van der Waals surface area contributed by atoms with E-state index in [1.54, 1.807) is 0 Å². The summed E-state index contributed by atoms with van der Waals surface area (Å²) >= 11 is 0. The summed E-state index contributed by atoms with van der Waals surface area (Å²) in [5.74, 6) is 0. The SMILES string of the molecule is Cc1ccccc1-c1ccccc1Cc1ccc2c(c1)c1cc(-n3c4ccccc4c4ccccc43)ccc1n2-c1cc(-c2ccc(C#N)cc2)ccc1-c1cc(C#N)ccc1-n1c2ccc(-n3c4ccccc4c4ccccc43)cc2c2cc(-n3c4ccccc4c4ccccc43)ccc21. The van der Waals surface area contributed by atoms with Crippen LogP contribution < -0.4 is 0 Å². The van der Waals surface area contributed by atoms with Crippen molar-refractivity contribution in [2.24, 2.45) is 0 Å². The Labute approximate surface area is 581 Å². The first-order chi connectivity index (χ1) is 49.9. The number of rotatable bonds is 10. The first kappa shape index (κ1) is 57.5. The fourth-order valence-electron chi connectivity index (χ4n) is 16.6. The van der Waals surface area contributed by atoms with Gasteiger partial charge < -0.3 is 22.8 Å². The van der Waals surface area contributed by atoms with Crippen LogP contribution in [0.1, 0.15) is 27.8 Å². The number of aryl methyl sites for hydroxylation is 1. The molecule has 0 bridgehead atoms. The van der Waals surface area contributed by atoms with Crippen LogP contribution in [-0.2, 0) is 6.42 Å². The zero-order valence-corrected chi connectivity index (χ0v) is 55.0. The zero-order chi connectivity index (χ0) is 67.0. The third kappa shape index (κ3) is 8.91. The second-order valence-corrected chi connectivity index (χ2v) is 26.6. The van der Waals surface area contributed by atoms with Crippen LogP contribution in [0.5, 0.6) is 0 Å². The Kier molecular flexibility index (Phi) is 12.9. The maximum atomic E-state index is 11.2. The van der Waals surface area contributed by atoms with Crippen molar-refractivity contribution in [3.63, 3.8) is 0 Å². The monoisotopic (exact) mass is 1290 g/mol. The molecule has 5 aromatic heterocycles. The van der Waals surface area contributed by atoms with E-state index in [2.05, 4.69) is 339 Å². The highest BCUT2D eigenvalue weighted by molar-refractivity contribution is 6.16. The minimum absolute atomic E-state index is 0.544. The van der Waals surface area contributed by atoms with E-state index in [0.717, 1.165) is 134 Å². The molecular formula is C94H59N7. The van der Waals surface area contributed by atoms with E-state index in [0.29, 0.717) is 11.1 Å². The quantitative estimate of drug-likeness (QED) is 0.137. The van der Waals surface area contributed by atoms with Crippen molar-refractivity contribution in [1.82, 2.24) is 22.8 Å². The Bertz CT molecular complexity index is 6640. The van der Waals surface area contributed by atoms with Gasteiger partial charge in [0.25, 0.3) is 0 Å². The van der Waals surface area contributed by atoms with Crippen molar-refractivity contribution in [2.45, 2.75) is 13.3 Å². The van der Waals surface area contributed by atoms with Crippen LogP contribution in [0.15, 0.2) is 328 Å². The number of hydrogen-bond donors (Lipinski definition) is 0. The Morgan fingerprint density at radius 1 is 0.248 bits per heavy atom. The highest BCUT2D eigenvalue weighted by Gasteiger charge is 2.26. The van der Waals surface area contributed by atoms with Crippen molar-refractivity contribution in [1.29, 1.82) is 10.5 Å². The van der Waals surface area contributed by atoms with E-state index in [4.69, 9.17) is 0 Å². The standard InChI is InChI=1S/C94H59N7/c1-59-18-2-4-20-69(59)70-21-5-3-19-65(70)50-61-36-45-90-79(51-61)80-54-66(97-83-28-12-6-22-71(83)72-23-7-13-29-84(72)97)43-49-93(80)101(90)94-53-64(63-38-34-60(57-95)35-39-63)40-44-77(94)78-52-62(58-96)37-46-89(78)100-91-47-41-67(98-85-30-14-8-24-73(85)74-25-9-15-31-86(74)98)55-81(91)82-56-68(42-48-92(82)100)99-87-32-16-10-26-75(87)76-27-11-17-33-88(76)99/h2-49,51-56H,50H2,1H3. The molecule has 20 aromatic rings. The summed E-state index contributed by atoms with van der Waals surface area (Å²) < 4.78 is 12.1. The van der Waals surface area contributed by atoms with Crippen LogP contribution in [0.3, 0.4) is 0 Å². The van der Waals surface area contributed by atoms with Crippen molar-refractivity contribution in [2.75, 3.05) is 0 Å². The molecule has 0 radical (unpaired) electrons. The summed E-state index contributed by atoms with van der Waals surface area (Å²) in [6.45, 7) is 2.20. The summed E-state index contributed by atoms with van der Waals surface area (Å²) in [6, 6.07) is 124. The van der Waals surface area contributed by atoms with Gasteiger partial charge in [0.15, 0.2) is 0 Å². The second-order valence-electron chi connectivity index (χ2n) is 26.6. The van der Waals surface area contributed by atoms with Crippen LogP contribution >= 0.6 is 0 Å². The van der Waals surface area contributed by atoms with Gasteiger partial charge >= 0.3 is 0 Å². The number of hydrogen-bond acceptors (Lipinski definition) is 2. The van der Waals surface area contributed by atoms with Gasteiger partial charge in [-0.25, -0.2) is 0 Å². The van der Waals surface area contributed by atoms with Gasteiger partial charge in [-0.15, -0.1) is 0 Å². The van der Waals surface area contributed by atoms with E-state index in [-0.39, 0.29) is 0 Å². The van der Waals surface area contributed by atoms with Gasteiger partial charge in [-0.2, -0.15) is 10.5 Å². The molecule has 0 amide bonds. The summed E-state index contributed by atoms with van der Waals surface area (Å²) in [5, 5.41) is 32.8. The van der Waals surface area contributed by atoms with E-state index in [1.807, 2.05) is 30.3 Å². The molecule has 0 aliphatic carbocycles. The molecule has 0 aliphatic heterocycles. The predicted molar refractivity (Wildman–Crippen MR) is 418 cm³/mol. The molecule has 15 aromatic carbocycles. The van der Waals surface area contributed by atoms with Crippen LogP contribution in [0, 0.1) is 29.6 Å². The second kappa shape index (κ2) is 22.7. The number of para-hydroxylation sites is 6. The van der Waals surface area contributed by atoms with Crippen LogP contribution in [0.4, 0.5) is 0 Å². The highest BCUT2D eigenvalue weighted by Crippen LogP contribution is 2.46. The molecule has 0 saturated heterocycles. The molecule has 0 fully saturated rings. The Hall–Kier alpha value is -13.7. The summed E-state index contributed by atoms with van der Waals surface area (Å²) in [5.41, 5.74) is 27.1. The molecule has 0 aliphatic rings. The summed E-state index contributed by atoms with van der Waals surface area (Å²) in [6.07, 6.45) is 0.725. The lowest BCUT2D eigenvalue weighted by Gasteiger charge is -2.20. The van der Waals surface area contributed by atoms with Crippen molar-refractivity contribution < 1.29 is 0 Å². The molecular weight excluding hydrogens is 1230 g/mol. The number of nitrogens with zero attached hydrogens (tertiary/aromatic N) is 7. The third-order valence-electron chi connectivity index (χ3n) is 21.2. The highest BCUT2D eigenvalue weighted by atomic mass is 15.0. The molecule has 7 heteroatoms. The normalized spacial score (nSPS) is 11.8. The lowest BCUT2D eigenvalue weighted by atomic mass is 9.92. The van der Waals surface area contributed by atoms with Crippen LogP contribution in [0.2, 0.25) is 0 Å². The number of fused-ring (bicyclic) bond motifs is 15. The molecule has 5 heterocycles. The maximum Gasteiger partial charge on any atom is 0.0991 e. The van der Waals surface area contributed by atoms with Gasteiger partial charge in [-0.1, -0.05) is 188 Å². The van der Waals surface area contributed by atoms with Crippen LogP contribution in [0.25, 0.3) is 171 Å². The predicted octanol–water partition coefficient (Wildman–Crippen LogP) is 23.8. The average molecular weight is 1290 g/mol. The average Bonchev–Trinajstić information content (AvgIpc) is 1.59. The summed E-state index contributed by atoms with van der Waals surface area (Å²) in [7, 11) is 0. The Morgan fingerprint density at radius 3 is 1.09 bits per heavy atom. The molecule has 0 atom stereocenters. The third-order valence-corrected chi connectivity index (χ3v) is 21.2. The van der Waals surface area contributed by atoms with Gasteiger partial charge in [-0.3, -0.25) is 0 Å². The minimum Gasteiger partial charge on any atom is -0.309 e. The van der Waals surface area contributed by atoms with Gasteiger partial charge in [-0.05, 0) is 192 Å². The first-order valence-corrected chi connectivity index (χ1v) is 34.4. The molecule has 0 spiro atoms. The smallest absolute Gasteiger partial charge is 0.0991 e. The Balaban J connectivity index is 0.857. The van der Waals surface area contributed by atoms with E-state index in [9.17, 15) is 10.5 Å². The van der Waals surface area contributed by atoms with Crippen molar-refractivity contribution >= 4 is 109 Å². The largest absolute Gasteiger partial charge is 0.309 e. The lowest BCUT2D eigenvalue weighted by Crippen LogP contribution is -2.03. The number of benzene rings is 15. The Morgan fingerprint density at radius 2 is 0.624 bits per heavy atom. The van der Waals surface area contributed by atoms with E-state index < -0.39 is 0 Å². The fraction of sp³-hybridized carbons (Fsp3) is 0.0213. The number of aromatic nitrogens is 5. The molecule has 0 N–H and O–H groups in total. The lowest BCUT2D eigenvalue weighted by molar-refractivity contribution is 1.15. The molecule has 101 heavy (non-hydrogen) atoms. The molecule has 470 valence electrons. The summed E-state index contributed by atoms with van der Waals surface area (Å²) in [4.78, 5) is 0. The molecule has 0 unspecified atom stereocenters. The van der Waals surface area contributed by atoms with Crippen molar-refractivity contribution in [3.05, 3.63) is 355 Å². The molecule has 20 rings (SSSR count). The zero-order valence-electron chi connectivity index (χ0n) is 55.0. The molecule has 0 saturated carbocycles. The topological polar surface area (TPSA) is 72.2 Å². The van der Waals surface area contributed by atoms with Gasteiger partial charge in [0, 0.05) is 82.1 Å². The van der Waals surface area contributed by atoms with Gasteiger partial charge in [0.1, 0.15) is 0 Å². The van der Waals surface area contributed by atoms with E-state index >= 15 is 0 Å². The van der Waals surface area contributed by atoms with Gasteiger partial charge in [0.05, 0.1) is 89.8 Å². The van der Waals surface area contributed by atoms with E-state index in [1.165, 1.54) is 60.1 Å². The van der Waals surface area contributed by atoms with Crippen LogP contribution in [-0.4, -0.2) is 22.8 Å². The van der Waals surface area contributed by atoms with Crippen molar-refractivity contribution in [3.8, 4) is 74.0 Å². The maximum absolute atomic E-state index is 11.2. The van der Waals surface area contributed by atoms with Gasteiger partial charge in [0.2, 0.25) is 0 Å². The molecule has 7 nitrogen and oxygen atoms in total. The number of nitriles is 2.